The quantitative estimate of drug-likeness (QED) is 0.209. The van der Waals surface area contributed by atoms with Crippen molar-refractivity contribution in [3.8, 4) is 0 Å². The van der Waals surface area contributed by atoms with Crippen LogP contribution in [0.3, 0.4) is 0 Å². The van der Waals surface area contributed by atoms with E-state index in [0.29, 0.717) is 0 Å². The molecule has 0 aliphatic carbocycles. The van der Waals surface area contributed by atoms with Gasteiger partial charge < -0.3 is 60.5 Å². The molecule has 26 heavy (non-hydrogen) atoms. The Labute approximate surface area is 148 Å². The minimum atomic E-state index is -3.40. The molecule has 2 aliphatic rings. The number of ether oxygens (including phenoxy) is 2. The SMILES string of the molecule is O=S(C1(O)O[C@H](CO)[C@@H](O)[C@H](O)[C@H]1O)C1(O)O[C@H](CO)[C@@H](O)[C@H](O)[C@H]1O. The van der Waals surface area contributed by atoms with Crippen LogP contribution >= 0.6 is 0 Å². The Kier molecular flexibility index (Phi) is 6.41. The van der Waals surface area contributed by atoms with Crippen LogP contribution in [0, 0.1) is 0 Å². The topological polar surface area (TPSA) is 238 Å². The lowest BCUT2D eigenvalue weighted by atomic mass is 9.99. The standard InChI is InChI=1S/C12H22O13S/c13-1-3-5(15)7(17)9(19)11(21,24-3)26(23)12(22)10(20)8(18)6(16)4(2-14)25-12/h3-10,13-22H,1-2H2/t3-,4-,5-,6-,7+,8+,9-,10-,11?,12?,26?/m1/s1. The number of rotatable bonds is 4. The predicted octanol–water partition coefficient (Wildman–Crippen LogP) is -7.03. The largest absolute Gasteiger partial charge is 0.394 e. The lowest BCUT2D eigenvalue weighted by Gasteiger charge is -2.50. The van der Waals surface area contributed by atoms with Gasteiger partial charge in [-0.1, -0.05) is 0 Å². The summed E-state index contributed by atoms with van der Waals surface area (Å²) in [6.07, 6.45) is -16.6. The molecule has 14 heteroatoms. The third kappa shape index (κ3) is 3.20. The zero-order valence-electron chi connectivity index (χ0n) is 13.1. The Bertz CT molecular complexity index is 487. The molecule has 10 atom stereocenters. The molecule has 0 radical (unpaired) electrons. The number of aliphatic hydroxyl groups is 10. The summed E-state index contributed by atoms with van der Waals surface area (Å²) in [5.74, 6) is 0. The van der Waals surface area contributed by atoms with E-state index in [9.17, 15) is 45.1 Å². The van der Waals surface area contributed by atoms with Crippen molar-refractivity contribution in [2.24, 2.45) is 0 Å². The van der Waals surface area contributed by atoms with Crippen LogP contribution in [0.4, 0.5) is 0 Å². The van der Waals surface area contributed by atoms with Crippen molar-refractivity contribution < 1.29 is 64.7 Å². The van der Waals surface area contributed by atoms with Crippen LogP contribution in [0.1, 0.15) is 0 Å². The van der Waals surface area contributed by atoms with Gasteiger partial charge in [0.15, 0.2) is 0 Å². The second-order valence-corrected chi connectivity index (χ2v) is 7.77. The molecule has 2 fully saturated rings. The van der Waals surface area contributed by atoms with E-state index in [0.717, 1.165) is 0 Å². The first-order valence-electron chi connectivity index (χ1n) is 7.48. The average molecular weight is 406 g/mol. The molecule has 0 saturated carbocycles. The van der Waals surface area contributed by atoms with Gasteiger partial charge in [-0.05, 0) is 0 Å². The fourth-order valence-corrected chi connectivity index (χ4v) is 4.32. The number of hydrogen-bond acceptors (Lipinski definition) is 13. The summed E-state index contributed by atoms with van der Waals surface area (Å²) in [5.41, 5.74) is 0. The normalized spacial score (nSPS) is 54.1. The number of hydrogen-bond donors (Lipinski definition) is 10. The maximum Gasteiger partial charge on any atom is 0.280 e. The minimum absolute atomic E-state index is 0.993. The first-order valence-corrected chi connectivity index (χ1v) is 8.63. The lowest BCUT2D eigenvalue weighted by molar-refractivity contribution is -0.328. The molecule has 0 bridgehead atoms. The highest BCUT2D eigenvalue weighted by atomic mass is 32.2. The molecule has 2 rings (SSSR count). The van der Waals surface area contributed by atoms with E-state index < -0.39 is 83.1 Å². The van der Waals surface area contributed by atoms with Crippen molar-refractivity contribution in [2.45, 2.75) is 59.1 Å². The van der Waals surface area contributed by atoms with Gasteiger partial charge in [0, 0.05) is 0 Å². The predicted molar refractivity (Wildman–Crippen MR) is 78.0 cm³/mol. The van der Waals surface area contributed by atoms with Crippen LogP contribution < -0.4 is 0 Å². The van der Waals surface area contributed by atoms with E-state index in [1.165, 1.54) is 0 Å². The second kappa shape index (κ2) is 7.59. The Morgan fingerprint density at radius 1 is 0.692 bits per heavy atom. The summed E-state index contributed by atoms with van der Waals surface area (Å²) in [6.45, 7) is -1.99. The van der Waals surface area contributed by atoms with Gasteiger partial charge >= 0.3 is 0 Å². The summed E-state index contributed by atoms with van der Waals surface area (Å²) in [6, 6.07) is 0. The van der Waals surface area contributed by atoms with Gasteiger partial charge in [0.1, 0.15) is 59.6 Å². The molecule has 154 valence electrons. The van der Waals surface area contributed by atoms with Gasteiger partial charge in [-0.25, -0.2) is 4.21 Å². The van der Waals surface area contributed by atoms with Crippen molar-refractivity contribution in [1.82, 2.24) is 0 Å². The van der Waals surface area contributed by atoms with E-state index >= 15 is 0 Å². The zero-order chi connectivity index (χ0) is 20.0. The summed E-state index contributed by atoms with van der Waals surface area (Å²) in [7, 11) is -3.40. The molecule has 0 aromatic heterocycles. The van der Waals surface area contributed by atoms with Crippen LogP contribution in [-0.4, -0.2) is 128 Å². The number of aliphatic hydroxyl groups excluding tert-OH is 8. The smallest absolute Gasteiger partial charge is 0.280 e. The molecule has 0 amide bonds. The minimum Gasteiger partial charge on any atom is -0.394 e. The maximum absolute atomic E-state index is 12.7. The van der Waals surface area contributed by atoms with Crippen LogP contribution in [0.25, 0.3) is 0 Å². The van der Waals surface area contributed by atoms with Gasteiger partial charge in [-0.3, -0.25) is 0 Å². The Balaban J connectivity index is 2.41. The molecule has 2 aliphatic heterocycles. The summed E-state index contributed by atoms with van der Waals surface area (Å²) < 4.78 is 22.3. The molecule has 0 spiro atoms. The fourth-order valence-electron chi connectivity index (χ4n) is 2.76. The van der Waals surface area contributed by atoms with Gasteiger partial charge in [-0.15, -0.1) is 0 Å². The van der Waals surface area contributed by atoms with Gasteiger partial charge in [0.2, 0.25) is 0 Å². The van der Waals surface area contributed by atoms with Crippen molar-refractivity contribution in [2.75, 3.05) is 13.2 Å². The first kappa shape index (κ1) is 22.0. The van der Waals surface area contributed by atoms with E-state index in [1.807, 2.05) is 0 Å². The lowest BCUT2D eigenvalue weighted by Crippen LogP contribution is -2.74. The van der Waals surface area contributed by atoms with Crippen LogP contribution in [0.15, 0.2) is 0 Å². The molecule has 2 heterocycles. The third-order valence-electron chi connectivity index (χ3n) is 4.39. The summed E-state index contributed by atoms with van der Waals surface area (Å²) >= 11 is 0. The average Bonchev–Trinajstić information content (AvgIpc) is 2.63. The van der Waals surface area contributed by atoms with Crippen molar-refractivity contribution in [1.29, 1.82) is 0 Å². The van der Waals surface area contributed by atoms with Gasteiger partial charge in [0.05, 0.1) is 13.2 Å². The Morgan fingerprint density at radius 2 is 1.00 bits per heavy atom. The molecule has 2 saturated heterocycles. The molecule has 0 aromatic carbocycles. The molecule has 10 N–H and O–H groups in total. The van der Waals surface area contributed by atoms with Gasteiger partial charge in [0.25, 0.3) is 10.2 Å². The van der Waals surface area contributed by atoms with E-state index in [1.54, 1.807) is 0 Å². The molecule has 0 aromatic rings. The molecular formula is C12H22O13S. The highest BCUT2D eigenvalue weighted by Crippen LogP contribution is 2.40. The zero-order valence-corrected chi connectivity index (χ0v) is 14.0. The maximum atomic E-state index is 12.7. The summed E-state index contributed by atoms with van der Waals surface area (Å²) in [5, 5.41) is 91.1. The monoisotopic (exact) mass is 406 g/mol. The van der Waals surface area contributed by atoms with Crippen molar-refractivity contribution in [3.63, 3.8) is 0 Å². The molecule has 2 unspecified atom stereocenters. The van der Waals surface area contributed by atoms with E-state index in [4.69, 9.17) is 19.7 Å². The molecule has 13 nitrogen and oxygen atoms in total. The van der Waals surface area contributed by atoms with Gasteiger partial charge in [-0.2, -0.15) is 0 Å². The highest BCUT2D eigenvalue weighted by Gasteiger charge is 2.66. The second-order valence-electron chi connectivity index (χ2n) is 6.06. The fraction of sp³-hybridized carbons (Fsp3) is 1.00. The summed E-state index contributed by atoms with van der Waals surface area (Å²) in [4.78, 5) is 0. The Hall–Kier alpha value is -0.330. The van der Waals surface area contributed by atoms with E-state index in [2.05, 4.69) is 0 Å². The van der Waals surface area contributed by atoms with Crippen molar-refractivity contribution in [3.05, 3.63) is 0 Å². The van der Waals surface area contributed by atoms with E-state index in [-0.39, 0.29) is 0 Å². The van der Waals surface area contributed by atoms with Crippen LogP contribution in [0.2, 0.25) is 0 Å². The first-order chi connectivity index (χ1) is 12.0. The molecular weight excluding hydrogens is 384 g/mol. The van der Waals surface area contributed by atoms with Crippen LogP contribution in [0.5, 0.6) is 0 Å². The van der Waals surface area contributed by atoms with Crippen molar-refractivity contribution >= 4 is 10.8 Å². The third-order valence-corrected chi connectivity index (χ3v) is 6.13. The highest BCUT2D eigenvalue weighted by molar-refractivity contribution is 7.87. The van der Waals surface area contributed by atoms with Crippen LogP contribution in [-0.2, 0) is 20.3 Å². The Morgan fingerprint density at radius 3 is 1.27 bits per heavy atom.